The molecule has 2 aromatic rings. The molecule has 2 heterocycles. The quantitative estimate of drug-likeness (QED) is 0.855. The zero-order valence-electron chi connectivity index (χ0n) is 14.4. The molecule has 1 N–H and O–H groups in total. The second-order valence-corrected chi connectivity index (χ2v) is 8.95. The molecule has 0 spiro atoms. The second kappa shape index (κ2) is 7.20. The van der Waals surface area contributed by atoms with E-state index >= 15 is 0 Å². The Morgan fingerprint density at radius 2 is 2.04 bits per heavy atom. The molecule has 0 saturated carbocycles. The Morgan fingerprint density at radius 1 is 1.27 bits per heavy atom. The largest absolute Gasteiger partial charge is 0.354 e. The minimum atomic E-state index is -2.98. The van der Waals surface area contributed by atoms with Crippen molar-refractivity contribution in [3.8, 4) is 0 Å². The lowest BCUT2D eigenvalue weighted by molar-refractivity contribution is 0.102. The Balaban J connectivity index is 1.71. The van der Waals surface area contributed by atoms with E-state index in [1.807, 2.05) is 6.92 Å². The number of rotatable bonds is 4. The van der Waals surface area contributed by atoms with Crippen LogP contribution in [0, 0.1) is 6.92 Å². The van der Waals surface area contributed by atoms with Gasteiger partial charge in [-0.1, -0.05) is 17.7 Å². The van der Waals surface area contributed by atoms with Gasteiger partial charge in [-0.3, -0.25) is 4.79 Å². The van der Waals surface area contributed by atoms with Gasteiger partial charge in [0.05, 0.1) is 11.5 Å². The van der Waals surface area contributed by atoms with E-state index in [4.69, 9.17) is 11.6 Å². The van der Waals surface area contributed by atoms with Crippen LogP contribution in [0.1, 0.15) is 22.5 Å². The molecule has 1 aromatic carbocycles. The molecule has 0 radical (unpaired) electrons. The van der Waals surface area contributed by atoms with Gasteiger partial charge in [-0.15, -0.1) is 10.2 Å². The van der Waals surface area contributed by atoms with Crippen LogP contribution in [0.15, 0.2) is 30.3 Å². The number of carbonyl (C=O) groups is 1. The summed E-state index contributed by atoms with van der Waals surface area (Å²) in [6.45, 7) is 1.82. The molecule has 1 atom stereocenters. The van der Waals surface area contributed by atoms with E-state index in [0.717, 1.165) is 5.56 Å². The second-order valence-electron chi connectivity index (χ2n) is 6.31. The average molecular weight is 395 g/mol. The van der Waals surface area contributed by atoms with E-state index in [0.29, 0.717) is 22.9 Å². The number of anilines is 2. The molecule has 3 rings (SSSR count). The molecule has 0 aliphatic carbocycles. The van der Waals surface area contributed by atoms with E-state index in [-0.39, 0.29) is 29.1 Å². The molecule has 1 unspecified atom stereocenters. The number of carbonyl (C=O) groups excluding carboxylic acids is 1. The van der Waals surface area contributed by atoms with Crippen LogP contribution in [-0.2, 0) is 9.84 Å². The fraction of sp³-hybridized carbons (Fsp3) is 0.353. The molecule has 1 aliphatic heterocycles. The van der Waals surface area contributed by atoms with Crippen LogP contribution in [-0.4, -0.2) is 49.1 Å². The maximum atomic E-state index is 12.4. The highest BCUT2D eigenvalue weighted by atomic mass is 35.5. The molecule has 1 amide bonds. The molecule has 0 bridgehead atoms. The molecule has 138 valence electrons. The highest BCUT2D eigenvalue weighted by molar-refractivity contribution is 7.91. The first-order valence-corrected chi connectivity index (χ1v) is 10.3. The number of halogens is 1. The van der Waals surface area contributed by atoms with Crippen molar-refractivity contribution >= 4 is 38.9 Å². The zero-order chi connectivity index (χ0) is 18.9. The van der Waals surface area contributed by atoms with Crippen LogP contribution in [0.5, 0.6) is 0 Å². The van der Waals surface area contributed by atoms with Crippen molar-refractivity contribution in [2.45, 2.75) is 19.4 Å². The Morgan fingerprint density at radius 3 is 2.65 bits per heavy atom. The number of aromatic nitrogens is 2. The monoisotopic (exact) mass is 394 g/mol. The summed E-state index contributed by atoms with van der Waals surface area (Å²) in [5.74, 6) is 0.444. The Labute approximate surface area is 157 Å². The van der Waals surface area contributed by atoms with Crippen molar-refractivity contribution in [2.75, 3.05) is 28.8 Å². The van der Waals surface area contributed by atoms with Crippen molar-refractivity contribution in [3.05, 3.63) is 46.6 Å². The summed E-state index contributed by atoms with van der Waals surface area (Å²) in [6, 6.07) is 8.37. The van der Waals surface area contributed by atoms with Crippen LogP contribution in [0.25, 0.3) is 0 Å². The fourth-order valence-corrected chi connectivity index (χ4v) is 4.78. The highest BCUT2D eigenvalue weighted by Crippen LogP contribution is 2.24. The van der Waals surface area contributed by atoms with E-state index in [1.54, 1.807) is 42.3 Å². The topological polar surface area (TPSA) is 92.3 Å². The molecule has 1 aromatic heterocycles. The molecule has 7 nitrogen and oxygen atoms in total. The SMILES string of the molecule is Cc1c(Cl)cccc1NC(=O)c1ccc(N(C)C2CCS(=O)(=O)C2)nn1. The number of nitrogens with one attached hydrogen (secondary N) is 1. The van der Waals surface area contributed by atoms with Gasteiger partial charge in [0.15, 0.2) is 21.3 Å². The number of amides is 1. The summed E-state index contributed by atoms with van der Waals surface area (Å²) in [5, 5.41) is 11.4. The zero-order valence-corrected chi connectivity index (χ0v) is 16.0. The third kappa shape index (κ3) is 3.96. The number of benzene rings is 1. The number of hydrogen-bond donors (Lipinski definition) is 1. The normalized spacial score (nSPS) is 18.5. The van der Waals surface area contributed by atoms with Crippen LogP contribution >= 0.6 is 11.6 Å². The molecular weight excluding hydrogens is 376 g/mol. The number of hydrogen-bond acceptors (Lipinski definition) is 6. The maximum absolute atomic E-state index is 12.4. The molecule has 9 heteroatoms. The fourth-order valence-electron chi connectivity index (χ4n) is 2.83. The van der Waals surface area contributed by atoms with E-state index in [2.05, 4.69) is 15.5 Å². The van der Waals surface area contributed by atoms with Gasteiger partial charge in [-0.25, -0.2) is 8.42 Å². The summed E-state index contributed by atoms with van der Waals surface area (Å²) in [6.07, 6.45) is 0.566. The first-order chi connectivity index (χ1) is 12.3. The lowest BCUT2D eigenvalue weighted by Gasteiger charge is -2.23. The predicted molar refractivity (Wildman–Crippen MR) is 102 cm³/mol. The first kappa shape index (κ1) is 18.6. The summed E-state index contributed by atoms with van der Waals surface area (Å²) < 4.78 is 23.2. The summed E-state index contributed by atoms with van der Waals surface area (Å²) in [5.41, 5.74) is 1.55. The van der Waals surface area contributed by atoms with Gasteiger partial charge in [-0.2, -0.15) is 0 Å². The first-order valence-electron chi connectivity index (χ1n) is 8.10. The van der Waals surface area contributed by atoms with Crippen molar-refractivity contribution in [1.29, 1.82) is 0 Å². The molecule has 26 heavy (non-hydrogen) atoms. The van der Waals surface area contributed by atoms with Crippen LogP contribution in [0.2, 0.25) is 5.02 Å². The number of nitrogens with zero attached hydrogens (tertiary/aromatic N) is 3. The number of sulfone groups is 1. The van der Waals surface area contributed by atoms with Crippen molar-refractivity contribution in [1.82, 2.24) is 10.2 Å². The predicted octanol–water partition coefficient (Wildman–Crippen LogP) is 2.31. The van der Waals surface area contributed by atoms with E-state index < -0.39 is 9.84 Å². The Bertz CT molecular complexity index is 932. The lowest BCUT2D eigenvalue weighted by atomic mass is 10.2. The van der Waals surface area contributed by atoms with Crippen molar-refractivity contribution in [3.63, 3.8) is 0 Å². The van der Waals surface area contributed by atoms with Crippen LogP contribution < -0.4 is 10.2 Å². The summed E-state index contributed by atoms with van der Waals surface area (Å²) in [7, 11) is -1.19. The van der Waals surface area contributed by atoms with Crippen molar-refractivity contribution < 1.29 is 13.2 Å². The van der Waals surface area contributed by atoms with Gasteiger partial charge in [-0.05, 0) is 43.2 Å². The van der Waals surface area contributed by atoms with E-state index in [9.17, 15) is 13.2 Å². The average Bonchev–Trinajstić information content (AvgIpc) is 2.98. The van der Waals surface area contributed by atoms with Gasteiger partial charge in [0.2, 0.25) is 0 Å². The van der Waals surface area contributed by atoms with Gasteiger partial charge in [0, 0.05) is 23.8 Å². The standard InChI is InChI=1S/C17H19ClN4O3S/c1-11-13(18)4-3-5-14(11)19-17(23)15-6-7-16(21-20-15)22(2)12-8-9-26(24,25)10-12/h3-7,12H,8-10H2,1-2H3,(H,19,23). The van der Waals surface area contributed by atoms with Gasteiger partial charge < -0.3 is 10.2 Å². The lowest BCUT2D eigenvalue weighted by Crippen LogP contribution is -2.33. The maximum Gasteiger partial charge on any atom is 0.276 e. The van der Waals surface area contributed by atoms with Crippen LogP contribution in [0.3, 0.4) is 0 Å². The molecule has 1 saturated heterocycles. The molecule has 1 fully saturated rings. The Hall–Kier alpha value is -2.19. The van der Waals surface area contributed by atoms with E-state index in [1.165, 1.54) is 0 Å². The highest BCUT2D eigenvalue weighted by Gasteiger charge is 2.31. The minimum Gasteiger partial charge on any atom is -0.354 e. The van der Waals surface area contributed by atoms with Gasteiger partial charge in [0.1, 0.15) is 0 Å². The minimum absolute atomic E-state index is 0.113. The smallest absolute Gasteiger partial charge is 0.276 e. The van der Waals surface area contributed by atoms with Crippen LogP contribution in [0.4, 0.5) is 11.5 Å². The third-order valence-electron chi connectivity index (χ3n) is 4.52. The molecule has 1 aliphatic rings. The summed E-state index contributed by atoms with van der Waals surface area (Å²) in [4.78, 5) is 14.1. The van der Waals surface area contributed by atoms with Crippen molar-refractivity contribution in [2.24, 2.45) is 0 Å². The van der Waals surface area contributed by atoms with Gasteiger partial charge >= 0.3 is 0 Å². The van der Waals surface area contributed by atoms with Gasteiger partial charge in [0.25, 0.3) is 5.91 Å². The Kier molecular flexibility index (Phi) is 5.15. The molecular formula is C17H19ClN4O3S. The third-order valence-corrected chi connectivity index (χ3v) is 6.68. The summed E-state index contributed by atoms with van der Waals surface area (Å²) >= 11 is 6.05.